The van der Waals surface area contributed by atoms with E-state index in [2.05, 4.69) is 11.8 Å². The lowest BCUT2D eigenvalue weighted by Crippen LogP contribution is -2.46. The fourth-order valence-electron chi connectivity index (χ4n) is 2.36. The normalized spacial score (nSPS) is 18.8. The summed E-state index contributed by atoms with van der Waals surface area (Å²) in [7, 11) is -2.46. The Morgan fingerprint density at radius 2 is 1.60 bits per heavy atom. The molecule has 120 valence electrons. The molecule has 0 N–H and O–H groups in total. The molecule has 6 heteroatoms. The predicted octanol–water partition coefficient (Wildman–Crippen LogP) is 2.15. The zero-order valence-electron chi connectivity index (χ0n) is 13.5. The standard InChI is InChI=1S/C14H31NO4Si/c1-5-15(12-14-13-16-14)10-9-11-20(17-6-2,18-7-3)19-8-4/h14H,5-13H2,1-4H3. The van der Waals surface area contributed by atoms with Crippen LogP contribution in [0.3, 0.4) is 0 Å². The number of epoxide rings is 1. The first kappa shape index (κ1) is 18.1. The largest absolute Gasteiger partial charge is 0.500 e. The Hall–Kier alpha value is 0.0169. The predicted molar refractivity (Wildman–Crippen MR) is 81.9 cm³/mol. The molecule has 0 aromatic rings. The van der Waals surface area contributed by atoms with E-state index in [-0.39, 0.29) is 0 Å². The summed E-state index contributed by atoms with van der Waals surface area (Å²) in [5.74, 6) is 0. The lowest BCUT2D eigenvalue weighted by Gasteiger charge is -2.29. The van der Waals surface area contributed by atoms with Crippen molar-refractivity contribution >= 4 is 8.80 Å². The van der Waals surface area contributed by atoms with E-state index in [0.717, 1.165) is 38.7 Å². The molecule has 1 saturated heterocycles. The Balaban J connectivity index is 2.37. The van der Waals surface area contributed by atoms with E-state index in [1.807, 2.05) is 20.8 Å². The van der Waals surface area contributed by atoms with Crippen molar-refractivity contribution in [3.05, 3.63) is 0 Å². The molecule has 0 spiro atoms. The van der Waals surface area contributed by atoms with E-state index in [9.17, 15) is 0 Å². The summed E-state index contributed by atoms with van der Waals surface area (Å²) < 4.78 is 22.9. The van der Waals surface area contributed by atoms with Gasteiger partial charge in [0.2, 0.25) is 0 Å². The SMILES string of the molecule is CCO[Si](CCCN(CC)CC1CO1)(OCC)OCC. The van der Waals surface area contributed by atoms with Crippen molar-refractivity contribution in [2.75, 3.05) is 46.1 Å². The number of rotatable bonds is 13. The zero-order valence-corrected chi connectivity index (χ0v) is 14.5. The van der Waals surface area contributed by atoms with Crippen LogP contribution in [0, 0.1) is 0 Å². The van der Waals surface area contributed by atoms with E-state index in [1.165, 1.54) is 0 Å². The van der Waals surface area contributed by atoms with Gasteiger partial charge >= 0.3 is 8.80 Å². The van der Waals surface area contributed by atoms with Gasteiger partial charge in [0, 0.05) is 32.4 Å². The molecule has 1 rings (SSSR count). The summed E-state index contributed by atoms with van der Waals surface area (Å²) in [4.78, 5) is 2.43. The number of hydrogen-bond acceptors (Lipinski definition) is 5. The topological polar surface area (TPSA) is 43.5 Å². The van der Waals surface area contributed by atoms with Crippen molar-refractivity contribution < 1.29 is 18.0 Å². The Morgan fingerprint density at radius 1 is 1.05 bits per heavy atom. The van der Waals surface area contributed by atoms with Gasteiger partial charge in [-0.3, -0.25) is 0 Å². The molecule has 1 fully saturated rings. The van der Waals surface area contributed by atoms with Crippen LogP contribution < -0.4 is 0 Å². The highest BCUT2D eigenvalue weighted by molar-refractivity contribution is 6.60. The van der Waals surface area contributed by atoms with Crippen LogP contribution in [-0.4, -0.2) is 65.9 Å². The Kier molecular flexibility index (Phi) is 8.91. The van der Waals surface area contributed by atoms with Crippen LogP contribution in [0.25, 0.3) is 0 Å². The molecular weight excluding hydrogens is 274 g/mol. The fraction of sp³-hybridized carbons (Fsp3) is 1.00. The van der Waals surface area contributed by atoms with Crippen LogP contribution in [0.2, 0.25) is 6.04 Å². The van der Waals surface area contributed by atoms with Crippen molar-refractivity contribution in [1.82, 2.24) is 4.90 Å². The quantitative estimate of drug-likeness (QED) is 0.385. The van der Waals surface area contributed by atoms with Gasteiger partial charge in [-0.15, -0.1) is 0 Å². The second-order valence-corrected chi connectivity index (χ2v) is 7.67. The average molecular weight is 305 g/mol. The van der Waals surface area contributed by atoms with E-state index >= 15 is 0 Å². The molecule has 0 saturated carbocycles. The van der Waals surface area contributed by atoms with Gasteiger partial charge in [0.05, 0.1) is 12.7 Å². The van der Waals surface area contributed by atoms with Gasteiger partial charge in [0.25, 0.3) is 0 Å². The van der Waals surface area contributed by atoms with Gasteiger partial charge in [-0.05, 0) is 40.3 Å². The average Bonchev–Trinajstić information content (AvgIpc) is 3.22. The second kappa shape index (κ2) is 9.86. The van der Waals surface area contributed by atoms with Crippen LogP contribution in [0.1, 0.15) is 34.1 Å². The van der Waals surface area contributed by atoms with Crippen molar-refractivity contribution in [1.29, 1.82) is 0 Å². The third-order valence-corrected chi connectivity index (χ3v) is 6.51. The van der Waals surface area contributed by atoms with Crippen molar-refractivity contribution in [2.24, 2.45) is 0 Å². The third-order valence-electron chi connectivity index (χ3n) is 3.36. The van der Waals surface area contributed by atoms with E-state index in [1.54, 1.807) is 0 Å². The number of likely N-dealkylation sites (N-methyl/N-ethyl adjacent to an activating group) is 1. The highest BCUT2D eigenvalue weighted by Gasteiger charge is 2.39. The summed E-state index contributed by atoms with van der Waals surface area (Å²) in [6.07, 6.45) is 1.51. The maximum Gasteiger partial charge on any atom is 0.500 e. The fourth-order valence-corrected chi connectivity index (χ4v) is 4.95. The lowest BCUT2D eigenvalue weighted by molar-refractivity contribution is 0.0699. The molecule has 0 aromatic heterocycles. The molecule has 0 aliphatic carbocycles. The monoisotopic (exact) mass is 305 g/mol. The van der Waals surface area contributed by atoms with Crippen LogP contribution in [0.4, 0.5) is 0 Å². The van der Waals surface area contributed by atoms with Crippen molar-refractivity contribution in [2.45, 2.75) is 46.3 Å². The number of nitrogens with zero attached hydrogens (tertiary/aromatic N) is 1. The van der Waals surface area contributed by atoms with E-state index in [0.29, 0.717) is 25.9 Å². The van der Waals surface area contributed by atoms with Gasteiger partial charge in [-0.2, -0.15) is 0 Å². The minimum Gasteiger partial charge on any atom is -0.374 e. The Bertz CT molecular complexity index is 234. The highest BCUT2D eigenvalue weighted by atomic mass is 28.4. The van der Waals surface area contributed by atoms with Gasteiger partial charge < -0.3 is 22.9 Å². The molecule has 1 aliphatic heterocycles. The van der Waals surface area contributed by atoms with Crippen molar-refractivity contribution in [3.8, 4) is 0 Å². The first-order valence-electron chi connectivity index (χ1n) is 7.95. The first-order chi connectivity index (χ1) is 9.69. The van der Waals surface area contributed by atoms with Gasteiger partial charge in [0.1, 0.15) is 0 Å². The summed E-state index contributed by atoms with van der Waals surface area (Å²) in [6.45, 7) is 14.2. The third kappa shape index (κ3) is 6.65. The number of hydrogen-bond donors (Lipinski definition) is 0. The molecule has 0 aromatic carbocycles. The van der Waals surface area contributed by atoms with Crippen LogP contribution in [0.15, 0.2) is 0 Å². The summed E-state index contributed by atoms with van der Waals surface area (Å²) in [6, 6.07) is 0.893. The van der Waals surface area contributed by atoms with Gasteiger partial charge in [-0.25, -0.2) is 0 Å². The molecule has 1 heterocycles. The number of ether oxygens (including phenoxy) is 1. The van der Waals surface area contributed by atoms with Crippen LogP contribution in [-0.2, 0) is 18.0 Å². The first-order valence-corrected chi connectivity index (χ1v) is 9.88. The Labute approximate surface area is 124 Å². The maximum atomic E-state index is 5.87. The van der Waals surface area contributed by atoms with E-state index in [4.69, 9.17) is 18.0 Å². The zero-order chi connectivity index (χ0) is 14.8. The summed E-state index contributed by atoms with van der Waals surface area (Å²) >= 11 is 0. The molecular formula is C14H31NO4Si. The highest BCUT2D eigenvalue weighted by Crippen LogP contribution is 2.19. The van der Waals surface area contributed by atoms with Gasteiger partial charge in [0.15, 0.2) is 0 Å². The van der Waals surface area contributed by atoms with Crippen LogP contribution in [0.5, 0.6) is 0 Å². The molecule has 5 nitrogen and oxygen atoms in total. The Morgan fingerprint density at radius 3 is 2.00 bits per heavy atom. The molecule has 1 aliphatic rings. The maximum absolute atomic E-state index is 5.87. The second-order valence-electron chi connectivity index (χ2n) is 4.93. The molecule has 0 bridgehead atoms. The summed E-state index contributed by atoms with van der Waals surface area (Å²) in [5.41, 5.74) is 0. The van der Waals surface area contributed by atoms with Crippen molar-refractivity contribution in [3.63, 3.8) is 0 Å². The lowest BCUT2D eigenvalue weighted by atomic mass is 10.3. The molecule has 1 atom stereocenters. The molecule has 20 heavy (non-hydrogen) atoms. The summed E-state index contributed by atoms with van der Waals surface area (Å²) in [5, 5.41) is 0. The van der Waals surface area contributed by atoms with Crippen LogP contribution >= 0.6 is 0 Å². The van der Waals surface area contributed by atoms with E-state index < -0.39 is 8.80 Å². The minimum absolute atomic E-state index is 0.461. The smallest absolute Gasteiger partial charge is 0.374 e. The molecule has 0 radical (unpaired) electrons. The molecule has 1 unspecified atom stereocenters. The minimum atomic E-state index is -2.46. The van der Waals surface area contributed by atoms with Gasteiger partial charge in [-0.1, -0.05) is 6.92 Å². The molecule has 0 amide bonds.